The minimum absolute atomic E-state index is 0.564. The Balaban J connectivity index is 2.09. The monoisotopic (exact) mass is 435 g/mol. The smallest absolute Gasteiger partial charge is 0.162 e. The van der Waals surface area contributed by atoms with Crippen LogP contribution in [0.2, 0.25) is 0 Å². The van der Waals surface area contributed by atoms with E-state index in [1.54, 1.807) is 25.6 Å². The highest BCUT2D eigenvalue weighted by molar-refractivity contribution is 7.13. The summed E-state index contributed by atoms with van der Waals surface area (Å²) < 4.78 is 22.9. The summed E-state index contributed by atoms with van der Waals surface area (Å²) in [5.41, 5.74) is 1.81. The van der Waals surface area contributed by atoms with Gasteiger partial charge in [-0.1, -0.05) is 6.07 Å². The van der Waals surface area contributed by atoms with Crippen LogP contribution in [0.5, 0.6) is 17.2 Å². The highest BCUT2D eigenvalue weighted by Crippen LogP contribution is 2.35. The van der Waals surface area contributed by atoms with E-state index < -0.39 is 0 Å². The molecule has 0 aliphatic carbocycles. The van der Waals surface area contributed by atoms with Crippen molar-refractivity contribution in [1.82, 2.24) is 0 Å². The number of hydrogen-bond donors (Lipinski definition) is 0. The highest BCUT2D eigenvalue weighted by Gasteiger charge is 2.16. The van der Waals surface area contributed by atoms with Gasteiger partial charge < -0.3 is 18.6 Å². The van der Waals surface area contributed by atoms with Crippen molar-refractivity contribution in [2.45, 2.75) is 20.8 Å². The van der Waals surface area contributed by atoms with E-state index in [-0.39, 0.29) is 0 Å². The Kier molecular flexibility index (Phi) is 6.00. The molecule has 0 spiro atoms. The zero-order valence-corrected chi connectivity index (χ0v) is 19.1. The Bertz CT molecular complexity index is 1290. The van der Waals surface area contributed by atoms with E-state index in [0.717, 1.165) is 49.5 Å². The molecule has 0 amide bonds. The molecule has 6 heteroatoms. The Morgan fingerprint density at radius 3 is 2.35 bits per heavy atom. The van der Waals surface area contributed by atoms with Crippen molar-refractivity contribution in [1.29, 1.82) is 0 Å². The summed E-state index contributed by atoms with van der Waals surface area (Å²) in [5, 5.41) is 4.77. The van der Waals surface area contributed by atoms with Crippen molar-refractivity contribution in [3.8, 4) is 27.7 Å². The van der Waals surface area contributed by atoms with Crippen LogP contribution in [-0.4, -0.2) is 20.8 Å². The van der Waals surface area contributed by atoms with E-state index in [1.165, 1.54) is 0 Å². The molecule has 0 aliphatic heterocycles. The van der Waals surface area contributed by atoms with Crippen LogP contribution in [0.25, 0.3) is 21.2 Å². The predicted octanol–water partition coefficient (Wildman–Crippen LogP) is 6.43. The molecule has 0 aliphatic rings. The largest absolute Gasteiger partial charge is 0.493 e. The van der Waals surface area contributed by atoms with E-state index in [2.05, 4.69) is 23.6 Å². The van der Waals surface area contributed by atoms with Crippen molar-refractivity contribution >= 4 is 27.8 Å². The molecule has 2 aromatic carbocycles. The first-order valence-corrected chi connectivity index (χ1v) is 10.9. The summed E-state index contributed by atoms with van der Waals surface area (Å²) in [5.74, 6) is 3.71. The first-order valence-electron chi connectivity index (χ1n) is 10.1. The van der Waals surface area contributed by atoms with Crippen LogP contribution in [0.15, 0.2) is 57.3 Å². The third kappa shape index (κ3) is 4.03. The van der Waals surface area contributed by atoms with Gasteiger partial charge in [-0.3, -0.25) is 0 Å². The average molecular weight is 436 g/mol. The van der Waals surface area contributed by atoms with Crippen LogP contribution in [0.3, 0.4) is 0 Å². The standard InChI is InChI=1S/C25H25NO4S/c1-6-29-22-13-17(23-8-7-11-31-23)12-19(24-15(2)30-16(3)25(22)24)26-18-9-10-20(27-4)21(14-18)28-5/h7-14H,6H2,1-5H3. The Morgan fingerprint density at radius 2 is 1.68 bits per heavy atom. The highest BCUT2D eigenvalue weighted by atomic mass is 32.1. The number of thiophene rings is 1. The molecule has 0 bridgehead atoms. The second-order valence-corrected chi connectivity index (χ2v) is 7.97. The zero-order valence-electron chi connectivity index (χ0n) is 18.3. The number of furan rings is 1. The summed E-state index contributed by atoms with van der Waals surface area (Å²) >= 11 is 1.68. The maximum absolute atomic E-state index is 6.05. The maximum atomic E-state index is 6.05. The van der Waals surface area contributed by atoms with Crippen LogP contribution in [0, 0.1) is 13.8 Å². The molecule has 0 saturated carbocycles. The van der Waals surface area contributed by atoms with Gasteiger partial charge in [0.1, 0.15) is 17.3 Å². The lowest BCUT2D eigenvalue weighted by Crippen LogP contribution is -2.00. The van der Waals surface area contributed by atoms with Crippen molar-refractivity contribution < 1.29 is 18.6 Å². The van der Waals surface area contributed by atoms with Gasteiger partial charge in [0.15, 0.2) is 11.5 Å². The van der Waals surface area contributed by atoms with E-state index in [9.17, 15) is 0 Å². The summed E-state index contributed by atoms with van der Waals surface area (Å²) in [6.45, 7) is 6.47. The lowest BCUT2D eigenvalue weighted by molar-refractivity contribution is 0.344. The van der Waals surface area contributed by atoms with Crippen LogP contribution in [0.4, 0.5) is 5.69 Å². The van der Waals surface area contributed by atoms with Crippen LogP contribution < -0.4 is 19.6 Å². The average Bonchev–Trinajstić information content (AvgIpc) is 3.36. The molecule has 5 nitrogen and oxygen atoms in total. The summed E-state index contributed by atoms with van der Waals surface area (Å²) in [6.07, 6.45) is 0. The third-order valence-electron chi connectivity index (χ3n) is 5.06. The fourth-order valence-electron chi connectivity index (χ4n) is 3.74. The van der Waals surface area contributed by atoms with Crippen molar-refractivity contribution in [3.63, 3.8) is 0 Å². The molecular formula is C25H25NO4S. The number of methoxy groups -OCH3 is 2. The van der Waals surface area contributed by atoms with Gasteiger partial charge in [-0.15, -0.1) is 11.3 Å². The van der Waals surface area contributed by atoms with Gasteiger partial charge in [0.05, 0.1) is 42.6 Å². The Hall–Kier alpha value is -3.25. The van der Waals surface area contributed by atoms with Crippen LogP contribution in [-0.2, 0) is 0 Å². The molecule has 0 atom stereocenters. The number of nitrogens with zero attached hydrogens (tertiary/aromatic N) is 1. The molecular weight excluding hydrogens is 410 g/mol. The van der Waals surface area contributed by atoms with Gasteiger partial charge in [0.2, 0.25) is 0 Å². The predicted molar refractivity (Wildman–Crippen MR) is 125 cm³/mol. The van der Waals surface area contributed by atoms with Gasteiger partial charge in [-0.2, -0.15) is 0 Å². The molecule has 0 fully saturated rings. The SMILES string of the molecule is CCOc1cc(-c2cccs2)cc(=Nc2ccc(OC)c(OC)c2)c2c(C)oc(C)c12. The van der Waals surface area contributed by atoms with Gasteiger partial charge in [-0.05, 0) is 62.0 Å². The third-order valence-corrected chi connectivity index (χ3v) is 5.98. The number of fused-ring (bicyclic) bond motifs is 1. The Morgan fingerprint density at radius 1 is 0.903 bits per heavy atom. The lowest BCUT2D eigenvalue weighted by Gasteiger charge is -2.07. The van der Waals surface area contributed by atoms with Gasteiger partial charge in [-0.25, -0.2) is 4.99 Å². The van der Waals surface area contributed by atoms with E-state index in [4.69, 9.17) is 23.6 Å². The lowest BCUT2D eigenvalue weighted by atomic mass is 10.2. The fraction of sp³-hybridized carbons (Fsp3) is 0.240. The van der Waals surface area contributed by atoms with E-state index >= 15 is 0 Å². The molecule has 4 aromatic rings. The number of benzene rings is 1. The number of ether oxygens (including phenoxy) is 3. The minimum atomic E-state index is 0.564. The summed E-state index contributed by atoms with van der Waals surface area (Å²) in [7, 11) is 3.24. The van der Waals surface area contributed by atoms with Crippen molar-refractivity contribution in [2.24, 2.45) is 4.99 Å². The number of hydrogen-bond acceptors (Lipinski definition) is 6. The first kappa shape index (κ1) is 21.0. The molecule has 0 radical (unpaired) electrons. The topological polar surface area (TPSA) is 53.2 Å². The normalized spacial score (nSPS) is 11.7. The molecule has 4 rings (SSSR count). The zero-order chi connectivity index (χ0) is 22.0. The molecule has 0 N–H and O–H groups in total. The molecule has 31 heavy (non-hydrogen) atoms. The fourth-order valence-corrected chi connectivity index (χ4v) is 4.45. The number of aryl methyl sites for hydroxylation is 2. The van der Waals surface area contributed by atoms with Gasteiger partial charge in [0, 0.05) is 10.9 Å². The molecule has 0 unspecified atom stereocenters. The summed E-state index contributed by atoms with van der Waals surface area (Å²) in [4.78, 5) is 6.14. The Labute approximate surface area is 185 Å². The molecule has 2 aromatic heterocycles. The van der Waals surface area contributed by atoms with E-state index in [0.29, 0.717) is 18.1 Å². The summed E-state index contributed by atoms with van der Waals surface area (Å²) in [6, 6.07) is 14.0. The van der Waals surface area contributed by atoms with Crippen molar-refractivity contribution in [3.05, 3.63) is 64.7 Å². The van der Waals surface area contributed by atoms with Gasteiger partial charge in [0.25, 0.3) is 0 Å². The molecule has 0 saturated heterocycles. The quantitative estimate of drug-likeness (QED) is 0.350. The van der Waals surface area contributed by atoms with E-state index in [1.807, 2.05) is 45.0 Å². The van der Waals surface area contributed by atoms with Crippen LogP contribution in [0.1, 0.15) is 18.4 Å². The van der Waals surface area contributed by atoms with Crippen LogP contribution >= 0.6 is 11.3 Å². The molecule has 160 valence electrons. The second-order valence-electron chi connectivity index (χ2n) is 7.02. The number of rotatable bonds is 6. The maximum Gasteiger partial charge on any atom is 0.162 e. The minimum Gasteiger partial charge on any atom is -0.493 e. The molecule has 2 heterocycles. The second kappa shape index (κ2) is 8.86. The first-order chi connectivity index (χ1) is 15.0. The van der Waals surface area contributed by atoms with Gasteiger partial charge >= 0.3 is 0 Å². The van der Waals surface area contributed by atoms with Crippen molar-refractivity contribution in [2.75, 3.05) is 20.8 Å².